The molecule has 36 heavy (non-hydrogen) atoms. The largest absolute Gasteiger partial charge is 0.452 e. The molecule has 4 heterocycles. The molecule has 2 atom stereocenters. The number of nitrogens with zero attached hydrogens (tertiary/aromatic N) is 3. The molecule has 0 radical (unpaired) electrons. The smallest absolute Gasteiger partial charge is 0.174 e. The maximum Gasteiger partial charge on any atom is 0.174 e. The van der Waals surface area contributed by atoms with Crippen LogP contribution in [0.25, 0.3) is 0 Å². The molecule has 2 saturated heterocycles. The number of nitrogens with one attached hydrogen (secondary N) is 1. The quantitative estimate of drug-likeness (QED) is 0.322. The Morgan fingerprint density at radius 1 is 0.861 bits per heavy atom. The van der Waals surface area contributed by atoms with Crippen molar-refractivity contribution in [2.75, 3.05) is 36.1 Å². The van der Waals surface area contributed by atoms with Crippen LogP contribution in [0.3, 0.4) is 0 Å². The van der Waals surface area contributed by atoms with Crippen LogP contribution in [0.2, 0.25) is 0 Å². The minimum atomic E-state index is -0.174. The van der Waals surface area contributed by atoms with Gasteiger partial charge in [0.15, 0.2) is 10.2 Å². The third kappa shape index (κ3) is 4.72. The number of benzene rings is 2. The van der Waals surface area contributed by atoms with Crippen LogP contribution in [0.1, 0.15) is 23.5 Å². The Hall–Kier alpha value is -3.33. The maximum absolute atomic E-state index is 6.41. The van der Waals surface area contributed by atoms with Gasteiger partial charge in [-0.3, -0.25) is 4.98 Å². The average Bonchev–Trinajstić information content (AvgIpc) is 3.54. The molecule has 0 unspecified atom stereocenters. The molecule has 2 fully saturated rings. The van der Waals surface area contributed by atoms with E-state index in [1.165, 1.54) is 5.69 Å². The zero-order valence-corrected chi connectivity index (χ0v) is 21.3. The van der Waals surface area contributed by atoms with E-state index in [-0.39, 0.29) is 12.1 Å². The highest BCUT2D eigenvalue weighted by atomic mass is 32.2. The van der Waals surface area contributed by atoms with Crippen LogP contribution in [-0.2, 0) is 4.74 Å². The number of thiocarbonyl (C=S) groups is 1. The molecule has 0 saturated carbocycles. The first-order valence-electron chi connectivity index (χ1n) is 12.0. The van der Waals surface area contributed by atoms with Gasteiger partial charge in [-0.15, -0.1) is 0 Å². The van der Waals surface area contributed by atoms with Crippen molar-refractivity contribution in [1.82, 2.24) is 10.3 Å². The number of hydrogen-bond donors (Lipinski definition) is 1. The fraction of sp³-hybridized carbons (Fsp3) is 0.214. The topological polar surface area (TPSA) is 53.8 Å². The first-order chi connectivity index (χ1) is 17.8. The van der Waals surface area contributed by atoms with Gasteiger partial charge in [0.25, 0.3) is 0 Å². The lowest BCUT2D eigenvalue weighted by Crippen LogP contribution is -2.36. The summed E-state index contributed by atoms with van der Waals surface area (Å²) in [7, 11) is 0. The van der Waals surface area contributed by atoms with E-state index in [4.69, 9.17) is 21.4 Å². The third-order valence-electron chi connectivity index (χ3n) is 6.46. The molecule has 8 heteroatoms. The predicted octanol–water partition coefficient (Wildman–Crippen LogP) is 5.84. The summed E-state index contributed by atoms with van der Waals surface area (Å²) in [5, 5.41) is 5.01. The molecular formula is C28H26N4O2S2. The summed E-state index contributed by atoms with van der Waals surface area (Å²) in [5.41, 5.74) is 3.13. The van der Waals surface area contributed by atoms with Gasteiger partial charge in [-0.2, -0.15) is 0 Å². The van der Waals surface area contributed by atoms with E-state index in [0.717, 1.165) is 53.4 Å². The molecule has 4 aromatic rings. The number of morpholine rings is 1. The SMILES string of the molecule is S=C1N[C@H](c2ccccn2)[C@H](c2ccc(Sc3ccccc3)o2)N1c1ccc(N2CCOCC2)cc1. The predicted molar refractivity (Wildman–Crippen MR) is 147 cm³/mol. The van der Waals surface area contributed by atoms with Gasteiger partial charge in [-0.05, 0) is 72.9 Å². The molecule has 2 aliphatic heterocycles. The van der Waals surface area contributed by atoms with Gasteiger partial charge in [0.1, 0.15) is 11.8 Å². The fourth-order valence-electron chi connectivity index (χ4n) is 4.72. The zero-order valence-electron chi connectivity index (χ0n) is 19.6. The maximum atomic E-state index is 6.41. The summed E-state index contributed by atoms with van der Waals surface area (Å²) in [6.45, 7) is 3.33. The van der Waals surface area contributed by atoms with Crippen LogP contribution in [0.5, 0.6) is 0 Å². The highest BCUT2D eigenvalue weighted by molar-refractivity contribution is 7.99. The standard InChI is InChI=1S/C28H26N4O2S2/c35-28-30-26(23-8-4-5-15-29-23)27(24-13-14-25(34-24)36-22-6-2-1-3-7-22)32(28)21-11-9-20(10-12-21)31-16-18-33-19-17-31/h1-15,26-27H,16-19H2,(H,30,35)/t26-,27+/m1/s1. The highest BCUT2D eigenvalue weighted by Gasteiger charge is 2.42. The summed E-state index contributed by atoms with van der Waals surface area (Å²) in [4.78, 5) is 10.3. The molecule has 6 nitrogen and oxygen atoms in total. The highest BCUT2D eigenvalue weighted by Crippen LogP contribution is 2.43. The van der Waals surface area contributed by atoms with E-state index >= 15 is 0 Å². The summed E-state index contributed by atoms with van der Waals surface area (Å²) >= 11 is 7.47. The van der Waals surface area contributed by atoms with E-state index in [0.29, 0.717) is 5.11 Å². The number of anilines is 2. The Bertz CT molecular complexity index is 1310. The Morgan fingerprint density at radius 3 is 2.36 bits per heavy atom. The van der Waals surface area contributed by atoms with Gasteiger partial charge in [0.2, 0.25) is 0 Å². The van der Waals surface area contributed by atoms with Gasteiger partial charge in [0, 0.05) is 35.6 Å². The summed E-state index contributed by atoms with van der Waals surface area (Å²) < 4.78 is 11.9. The second-order valence-electron chi connectivity index (χ2n) is 8.68. The molecule has 2 aliphatic rings. The summed E-state index contributed by atoms with van der Waals surface area (Å²) in [6.07, 6.45) is 1.82. The van der Waals surface area contributed by atoms with Crippen molar-refractivity contribution in [2.24, 2.45) is 0 Å². The second kappa shape index (κ2) is 10.3. The van der Waals surface area contributed by atoms with Crippen LogP contribution in [0.4, 0.5) is 11.4 Å². The van der Waals surface area contributed by atoms with Crippen LogP contribution in [0.15, 0.2) is 106 Å². The van der Waals surface area contributed by atoms with Crippen LogP contribution in [0, 0.1) is 0 Å². The first kappa shape index (κ1) is 23.1. The van der Waals surface area contributed by atoms with E-state index < -0.39 is 0 Å². The minimum Gasteiger partial charge on any atom is -0.452 e. The normalized spacial score (nSPS) is 19.9. The van der Waals surface area contributed by atoms with Crippen molar-refractivity contribution in [3.8, 4) is 0 Å². The minimum absolute atomic E-state index is 0.140. The van der Waals surface area contributed by atoms with Gasteiger partial charge in [-0.1, -0.05) is 36.0 Å². The molecule has 2 aromatic carbocycles. The van der Waals surface area contributed by atoms with E-state index in [2.05, 4.69) is 62.6 Å². The van der Waals surface area contributed by atoms with Gasteiger partial charge in [-0.25, -0.2) is 0 Å². The van der Waals surface area contributed by atoms with Crippen LogP contribution < -0.4 is 15.1 Å². The second-order valence-corrected chi connectivity index (χ2v) is 10.1. The van der Waals surface area contributed by atoms with E-state index in [1.807, 2.05) is 48.7 Å². The molecule has 0 bridgehead atoms. The van der Waals surface area contributed by atoms with Gasteiger partial charge in [0.05, 0.1) is 24.9 Å². The van der Waals surface area contributed by atoms with Crippen LogP contribution >= 0.6 is 24.0 Å². The van der Waals surface area contributed by atoms with Crippen molar-refractivity contribution in [3.63, 3.8) is 0 Å². The van der Waals surface area contributed by atoms with Gasteiger partial charge >= 0.3 is 0 Å². The molecule has 2 aromatic heterocycles. The van der Waals surface area contributed by atoms with E-state index in [1.54, 1.807) is 11.8 Å². The summed E-state index contributed by atoms with van der Waals surface area (Å²) in [6, 6.07) is 28.6. The molecule has 0 spiro atoms. The van der Waals surface area contributed by atoms with Crippen molar-refractivity contribution in [3.05, 3.63) is 103 Å². The average molecular weight is 515 g/mol. The molecule has 1 N–H and O–H groups in total. The van der Waals surface area contributed by atoms with E-state index in [9.17, 15) is 0 Å². The Labute approximate surface area is 220 Å². The Balaban J connectivity index is 1.33. The molecule has 0 amide bonds. The molecule has 182 valence electrons. The van der Waals surface area contributed by atoms with Crippen molar-refractivity contribution in [2.45, 2.75) is 22.1 Å². The number of hydrogen-bond acceptors (Lipinski definition) is 6. The zero-order chi connectivity index (χ0) is 24.3. The molecule has 6 rings (SSSR count). The lowest BCUT2D eigenvalue weighted by atomic mass is 10.0. The summed E-state index contributed by atoms with van der Waals surface area (Å²) in [5.74, 6) is 0.841. The number of rotatable bonds is 6. The number of pyridine rings is 1. The third-order valence-corrected chi connectivity index (χ3v) is 7.70. The number of aromatic nitrogens is 1. The Morgan fingerprint density at radius 2 is 1.61 bits per heavy atom. The first-order valence-corrected chi connectivity index (χ1v) is 13.2. The lowest BCUT2D eigenvalue weighted by molar-refractivity contribution is 0.122. The number of ether oxygens (including phenoxy) is 1. The van der Waals surface area contributed by atoms with Crippen molar-refractivity contribution in [1.29, 1.82) is 0 Å². The monoisotopic (exact) mass is 514 g/mol. The molecular weight excluding hydrogens is 488 g/mol. The fourth-order valence-corrected chi connectivity index (χ4v) is 5.87. The Kier molecular flexibility index (Phi) is 6.63. The van der Waals surface area contributed by atoms with Crippen molar-refractivity contribution >= 4 is 40.5 Å². The lowest BCUT2D eigenvalue weighted by Gasteiger charge is -2.30. The number of furan rings is 1. The molecule has 0 aliphatic carbocycles. The van der Waals surface area contributed by atoms with Gasteiger partial charge < -0.3 is 24.3 Å². The van der Waals surface area contributed by atoms with Crippen LogP contribution in [-0.4, -0.2) is 36.4 Å². The van der Waals surface area contributed by atoms with Crippen molar-refractivity contribution < 1.29 is 9.15 Å².